The van der Waals surface area contributed by atoms with Crippen LogP contribution in [0.25, 0.3) is 0 Å². The Balaban J connectivity index is 3.05. The van der Waals surface area contributed by atoms with E-state index in [9.17, 15) is 13.2 Å². The second-order valence-corrected chi connectivity index (χ2v) is 3.71. The van der Waals surface area contributed by atoms with Crippen molar-refractivity contribution in [3.05, 3.63) is 11.5 Å². The first kappa shape index (κ1) is 7.14. The van der Waals surface area contributed by atoms with Gasteiger partial charge in [0.2, 0.25) is 0 Å². The highest BCUT2D eigenvalue weighted by molar-refractivity contribution is 7.94. The highest BCUT2D eigenvalue weighted by Gasteiger charge is 2.07. The van der Waals surface area contributed by atoms with Crippen LogP contribution in [0.1, 0.15) is 0 Å². The summed E-state index contributed by atoms with van der Waals surface area (Å²) in [6, 6.07) is 0. The van der Waals surface area contributed by atoms with E-state index in [0.29, 0.717) is 0 Å². The third-order valence-electron chi connectivity index (χ3n) is 0.943. The number of hydrogen-bond donors (Lipinski definition) is 0. The third-order valence-corrected chi connectivity index (χ3v) is 2.11. The molecule has 0 spiro atoms. The standard InChI is InChI=1S/C5H5NO3S/c7-5-1-3-10(8,9)4-2-6-5/h1-3H,4H2. The number of carbonyl (C=O) groups is 1. The number of amides is 1. The van der Waals surface area contributed by atoms with E-state index in [4.69, 9.17) is 0 Å². The second-order valence-electron chi connectivity index (χ2n) is 1.78. The number of hydrogen-bond acceptors (Lipinski definition) is 3. The van der Waals surface area contributed by atoms with Crippen LogP contribution >= 0.6 is 0 Å². The topological polar surface area (TPSA) is 63.6 Å². The van der Waals surface area contributed by atoms with Crippen molar-refractivity contribution in [1.29, 1.82) is 0 Å². The van der Waals surface area contributed by atoms with Gasteiger partial charge in [-0.05, 0) is 0 Å². The summed E-state index contributed by atoms with van der Waals surface area (Å²) in [6.07, 6.45) is 2.04. The zero-order valence-electron chi connectivity index (χ0n) is 5.02. The molecule has 4 nitrogen and oxygen atoms in total. The summed E-state index contributed by atoms with van der Waals surface area (Å²) in [6.45, 7) is 0. The van der Waals surface area contributed by atoms with Crippen molar-refractivity contribution in [2.75, 3.05) is 5.75 Å². The Morgan fingerprint density at radius 2 is 2.20 bits per heavy atom. The molecular weight excluding hydrogens is 154 g/mol. The molecule has 0 aromatic rings. The number of nitrogens with zero attached hydrogens (tertiary/aromatic N) is 1. The predicted octanol–water partition coefficient (Wildman–Crippen LogP) is -0.474. The summed E-state index contributed by atoms with van der Waals surface area (Å²) in [4.78, 5) is 13.7. The van der Waals surface area contributed by atoms with Crippen LogP contribution in [0, 0.1) is 0 Å². The highest BCUT2D eigenvalue weighted by atomic mass is 32.2. The first-order valence-corrected chi connectivity index (χ1v) is 4.29. The average molecular weight is 159 g/mol. The van der Waals surface area contributed by atoms with Crippen molar-refractivity contribution in [2.45, 2.75) is 0 Å². The maximum absolute atomic E-state index is 10.7. The molecule has 1 rings (SSSR count). The molecule has 0 saturated heterocycles. The number of aliphatic imine (C=N–C) groups is 1. The highest BCUT2D eigenvalue weighted by Crippen LogP contribution is 1.95. The van der Waals surface area contributed by atoms with Crippen LogP contribution in [-0.2, 0) is 14.6 Å². The van der Waals surface area contributed by atoms with Crippen molar-refractivity contribution in [2.24, 2.45) is 4.99 Å². The summed E-state index contributed by atoms with van der Waals surface area (Å²) < 4.78 is 21.4. The van der Waals surface area contributed by atoms with Gasteiger partial charge in [-0.25, -0.2) is 13.4 Å². The van der Waals surface area contributed by atoms with Crippen LogP contribution in [0.2, 0.25) is 0 Å². The molecule has 1 heterocycles. The van der Waals surface area contributed by atoms with E-state index >= 15 is 0 Å². The smallest absolute Gasteiger partial charge is 0.267 e. The SMILES string of the molecule is O=C1C=CS(=O)(=O)CC=N1. The van der Waals surface area contributed by atoms with Gasteiger partial charge in [-0.15, -0.1) is 0 Å². The van der Waals surface area contributed by atoms with Crippen LogP contribution in [-0.4, -0.2) is 26.3 Å². The lowest BCUT2D eigenvalue weighted by Crippen LogP contribution is -2.00. The predicted molar refractivity (Wildman–Crippen MR) is 36.4 cm³/mol. The molecule has 10 heavy (non-hydrogen) atoms. The molecule has 0 radical (unpaired) electrons. The third kappa shape index (κ3) is 1.77. The quantitative estimate of drug-likeness (QED) is 0.479. The molecule has 0 atom stereocenters. The fourth-order valence-corrected chi connectivity index (χ4v) is 1.21. The van der Waals surface area contributed by atoms with Gasteiger partial charge in [-0.1, -0.05) is 0 Å². The van der Waals surface area contributed by atoms with Crippen LogP contribution in [0.3, 0.4) is 0 Å². The summed E-state index contributed by atoms with van der Waals surface area (Å²) in [7, 11) is -3.20. The molecule has 0 aliphatic carbocycles. The van der Waals surface area contributed by atoms with E-state index in [1.54, 1.807) is 0 Å². The van der Waals surface area contributed by atoms with E-state index in [2.05, 4.69) is 4.99 Å². The maximum atomic E-state index is 10.7. The van der Waals surface area contributed by atoms with Crippen LogP contribution < -0.4 is 0 Å². The minimum atomic E-state index is -3.20. The fraction of sp³-hybridized carbons (Fsp3) is 0.200. The molecule has 0 aromatic carbocycles. The summed E-state index contributed by atoms with van der Waals surface area (Å²) >= 11 is 0. The largest absolute Gasteiger partial charge is 0.270 e. The average Bonchev–Trinajstić information content (AvgIpc) is 1.94. The van der Waals surface area contributed by atoms with Gasteiger partial charge in [0.15, 0.2) is 9.84 Å². The van der Waals surface area contributed by atoms with Gasteiger partial charge >= 0.3 is 0 Å². The van der Waals surface area contributed by atoms with Gasteiger partial charge in [0, 0.05) is 17.7 Å². The van der Waals surface area contributed by atoms with Crippen LogP contribution in [0.5, 0.6) is 0 Å². The van der Waals surface area contributed by atoms with Crippen molar-refractivity contribution in [3.63, 3.8) is 0 Å². The molecule has 0 saturated carbocycles. The maximum Gasteiger partial charge on any atom is 0.270 e. The lowest BCUT2D eigenvalue weighted by Gasteiger charge is -1.84. The Labute approximate surface area is 58.2 Å². The van der Waals surface area contributed by atoms with Crippen molar-refractivity contribution < 1.29 is 13.2 Å². The number of sulfone groups is 1. The lowest BCUT2D eigenvalue weighted by atomic mass is 10.6. The summed E-state index contributed by atoms with van der Waals surface area (Å²) in [5.74, 6) is -0.712. The molecule has 1 amide bonds. The Morgan fingerprint density at radius 1 is 1.50 bits per heavy atom. The van der Waals surface area contributed by atoms with E-state index in [-0.39, 0.29) is 5.75 Å². The zero-order chi connectivity index (χ0) is 7.61. The Morgan fingerprint density at radius 3 is 2.90 bits per heavy atom. The van der Waals surface area contributed by atoms with Gasteiger partial charge in [0.05, 0.1) is 5.75 Å². The Bertz CT molecular complexity index is 299. The van der Waals surface area contributed by atoms with E-state index in [0.717, 1.165) is 17.7 Å². The Kier molecular flexibility index (Phi) is 1.67. The van der Waals surface area contributed by atoms with Gasteiger partial charge in [-0.2, -0.15) is 0 Å². The first-order chi connectivity index (χ1) is 4.60. The zero-order valence-corrected chi connectivity index (χ0v) is 5.84. The molecule has 0 fully saturated rings. The number of carbonyl (C=O) groups excluding carboxylic acids is 1. The van der Waals surface area contributed by atoms with Gasteiger partial charge in [0.25, 0.3) is 5.91 Å². The minimum absolute atomic E-state index is 0.185. The summed E-state index contributed by atoms with van der Waals surface area (Å²) in [5.41, 5.74) is 0. The van der Waals surface area contributed by atoms with Gasteiger partial charge in [-0.3, -0.25) is 4.79 Å². The monoisotopic (exact) mass is 159 g/mol. The van der Waals surface area contributed by atoms with E-state index in [1.165, 1.54) is 0 Å². The molecule has 1 aliphatic rings. The van der Waals surface area contributed by atoms with Crippen molar-refractivity contribution >= 4 is 22.0 Å². The second kappa shape index (κ2) is 2.34. The van der Waals surface area contributed by atoms with Gasteiger partial charge in [0.1, 0.15) is 0 Å². The molecule has 1 aliphatic heterocycles. The van der Waals surface area contributed by atoms with E-state index < -0.39 is 15.7 Å². The molecule has 0 N–H and O–H groups in total. The summed E-state index contributed by atoms with van der Waals surface area (Å²) in [5, 5.41) is 0.877. The Hall–Kier alpha value is -0.970. The van der Waals surface area contributed by atoms with Crippen LogP contribution in [0.4, 0.5) is 0 Å². The van der Waals surface area contributed by atoms with Crippen molar-refractivity contribution in [1.82, 2.24) is 0 Å². The molecule has 5 heteroatoms. The molecule has 0 unspecified atom stereocenters. The van der Waals surface area contributed by atoms with Crippen molar-refractivity contribution in [3.8, 4) is 0 Å². The molecule has 0 bridgehead atoms. The molecule has 54 valence electrons. The normalized spacial score (nSPS) is 22.6. The van der Waals surface area contributed by atoms with E-state index in [1.807, 2.05) is 0 Å². The lowest BCUT2D eigenvalue weighted by molar-refractivity contribution is -0.113. The van der Waals surface area contributed by atoms with Gasteiger partial charge < -0.3 is 0 Å². The number of rotatable bonds is 0. The minimum Gasteiger partial charge on any atom is -0.267 e. The molecular formula is C5H5NO3S. The fourth-order valence-electron chi connectivity index (χ4n) is 0.492. The molecule has 0 aromatic heterocycles. The first-order valence-electron chi connectivity index (χ1n) is 2.57. The van der Waals surface area contributed by atoms with Crippen LogP contribution in [0.15, 0.2) is 16.5 Å².